The summed E-state index contributed by atoms with van der Waals surface area (Å²) in [5.74, 6) is 0.863. The molecule has 0 heterocycles. The summed E-state index contributed by atoms with van der Waals surface area (Å²) < 4.78 is 38.1. The number of hydrogen-bond acceptors (Lipinski definition) is 4. The Morgan fingerprint density at radius 2 is 2.00 bits per heavy atom. The normalized spacial score (nSPS) is 13.0. The van der Waals surface area contributed by atoms with E-state index in [1.807, 2.05) is 0 Å². The van der Waals surface area contributed by atoms with Crippen LogP contribution in [0.4, 0.5) is 0 Å². The molecule has 7 heteroatoms. The van der Waals surface area contributed by atoms with Crippen molar-refractivity contribution in [2.45, 2.75) is 50.8 Å². The van der Waals surface area contributed by atoms with E-state index < -0.39 is 10.0 Å². The first kappa shape index (κ1) is 22.2. The number of benzene rings is 1. The van der Waals surface area contributed by atoms with E-state index in [9.17, 15) is 8.42 Å². The van der Waals surface area contributed by atoms with Gasteiger partial charge in [0.05, 0.1) is 7.11 Å². The molecule has 0 fully saturated rings. The van der Waals surface area contributed by atoms with Crippen molar-refractivity contribution in [3.63, 3.8) is 0 Å². The van der Waals surface area contributed by atoms with Gasteiger partial charge in [0.2, 0.25) is 10.0 Å². The second kappa shape index (κ2) is 11.7. The number of ether oxygens (including phenoxy) is 2. The highest BCUT2D eigenvalue weighted by atomic mass is 35.5. The predicted octanol–water partition coefficient (Wildman–Crippen LogP) is 4.25. The average Bonchev–Trinajstić information content (AvgIpc) is 2.60. The minimum atomic E-state index is -3.66. The van der Waals surface area contributed by atoms with Gasteiger partial charge in [-0.25, -0.2) is 13.1 Å². The Bertz CT molecular complexity index is 607. The lowest BCUT2D eigenvalue weighted by atomic mass is 10.0. The monoisotopic (exact) mass is 391 g/mol. The third-order valence-corrected chi connectivity index (χ3v) is 5.79. The largest absolute Gasteiger partial charge is 0.495 e. The molecule has 1 aromatic rings. The molecular weight excluding hydrogens is 362 g/mol. The van der Waals surface area contributed by atoms with Gasteiger partial charge < -0.3 is 9.47 Å². The topological polar surface area (TPSA) is 64.6 Å². The van der Waals surface area contributed by atoms with Gasteiger partial charge in [-0.2, -0.15) is 0 Å². The molecule has 0 amide bonds. The fraction of sp³-hybridized carbons (Fsp3) is 0.667. The lowest BCUT2D eigenvalue weighted by Gasteiger charge is -2.15. The maximum absolute atomic E-state index is 12.4. The van der Waals surface area contributed by atoms with E-state index in [1.54, 1.807) is 12.1 Å². The Hall–Kier alpha value is -0.820. The number of unbranched alkanes of at least 4 members (excludes halogenated alkanes) is 1. The van der Waals surface area contributed by atoms with Crippen LogP contribution >= 0.6 is 11.6 Å². The SMILES string of the molecule is CCCCC(CC)COCCCNS(=O)(=O)c1cc(Cl)ccc1OC. The molecule has 5 nitrogen and oxygen atoms in total. The van der Waals surface area contributed by atoms with E-state index in [-0.39, 0.29) is 10.6 Å². The highest BCUT2D eigenvalue weighted by Crippen LogP contribution is 2.26. The summed E-state index contributed by atoms with van der Waals surface area (Å²) >= 11 is 5.89. The number of sulfonamides is 1. The van der Waals surface area contributed by atoms with Gasteiger partial charge in [0.15, 0.2) is 0 Å². The van der Waals surface area contributed by atoms with E-state index >= 15 is 0 Å². The van der Waals surface area contributed by atoms with Crippen molar-refractivity contribution in [2.24, 2.45) is 5.92 Å². The summed E-state index contributed by atoms with van der Waals surface area (Å²) in [6, 6.07) is 4.52. The van der Waals surface area contributed by atoms with Gasteiger partial charge in [-0.3, -0.25) is 0 Å². The smallest absolute Gasteiger partial charge is 0.244 e. The van der Waals surface area contributed by atoms with Crippen molar-refractivity contribution in [3.8, 4) is 5.75 Å². The van der Waals surface area contributed by atoms with Crippen LogP contribution in [-0.2, 0) is 14.8 Å². The summed E-state index contributed by atoms with van der Waals surface area (Å²) in [4.78, 5) is 0.0500. The molecule has 0 aliphatic carbocycles. The van der Waals surface area contributed by atoms with Gasteiger partial charge in [-0.15, -0.1) is 0 Å². The van der Waals surface area contributed by atoms with Crippen LogP contribution in [0.25, 0.3) is 0 Å². The molecule has 25 heavy (non-hydrogen) atoms. The first-order chi connectivity index (χ1) is 11.9. The molecule has 1 rings (SSSR count). The molecule has 0 spiro atoms. The number of methoxy groups -OCH3 is 1. The molecule has 144 valence electrons. The zero-order chi connectivity index (χ0) is 18.7. The minimum Gasteiger partial charge on any atom is -0.495 e. The molecule has 0 aliphatic heterocycles. The van der Waals surface area contributed by atoms with Crippen molar-refractivity contribution in [2.75, 3.05) is 26.9 Å². The molecule has 0 saturated heterocycles. The van der Waals surface area contributed by atoms with Crippen LogP contribution in [0.2, 0.25) is 5.02 Å². The first-order valence-corrected chi connectivity index (χ1v) is 10.7. The summed E-state index contributed by atoms with van der Waals surface area (Å²) in [5, 5.41) is 0.349. The van der Waals surface area contributed by atoms with E-state index in [2.05, 4.69) is 18.6 Å². The maximum Gasteiger partial charge on any atom is 0.244 e. The lowest BCUT2D eigenvalue weighted by molar-refractivity contribution is 0.0928. The fourth-order valence-corrected chi connectivity index (χ4v) is 3.97. The molecule has 0 radical (unpaired) electrons. The van der Waals surface area contributed by atoms with Gasteiger partial charge in [0.1, 0.15) is 10.6 Å². The predicted molar refractivity (Wildman–Crippen MR) is 102 cm³/mol. The summed E-state index contributed by atoms with van der Waals surface area (Å²) in [7, 11) is -2.23. The van der Waals surface area contributed by atoms with E-state index in [4.69, 9.17) is 21.1 Å². The number of hydrogen-bond donors (Lipinski definition) is 1. The summed E-state index contributed by atoms with van der Waals surface area (Å²) in [5.41, 5.74) is 0. The van der Waals surface area contributed by atoms with Crippen LogP contribution in [0.3, 0.4) is 0 Å². The molecule has 0 saturated carbocycles. The molecule has 1 N–H and O–H groups in total. The lowest BCUT2D eigenvalue weighted by Crippen LogP contribution is -2.26. The molecule has 1 aromatic carbocycles. The van der Waals surface area contributed by atoms with E-state index in [1.165, 1.54) is 32.4 Å². The van der Waals surface area contributed by atoms with Crippen LogP contribution in [0, 0.1) is 5.92 Å². The Balaban J connectivity index is 2.39. The molecule has 0 bridgehead atoms. The molecular formula is C18H30ClNO4S. The van der Waals surface area contributed by atoms with Crippen molar-refractivity contribution in [3.05, 3.63) is 23.2 Å². The second-order valence-corrected chi connectivity index (χ2v) is 8.21. The maximum atomic E-state index is 12.4. The third kappa shape index (κ3) is 7.94. The molecule has 1 atom stereocenters. The van der Waals surface area contributed by atoms with Crippen molar-refractivity contribution >= 4 is 21.6 Å². The number of rotatable bonds is 13. The summed E-state index contributed by atoms with van der Waals surface area (Å²) in [6.45, 7) is 5.96. The van der Waals surface area contributed by atoms with Crippen LogP contribution < -0.4 is 9.46 Å². The Morgan fingerprint density at radius 1 is 1.24 bits per heavy atom. The highest BCUT2D eigenvalue weighted by molar-refractivity contribution is 7.89. The van der Waals surface area contributed by atoms with Crippen LogP contribution in [0.15, 0.2) is 23.1 Å². The standard InChI is InChI=1S/C18H30ClNO4S/c1-4-6-8-15(5-2)14-24-12-7-11-20-25(21,22)18-13-16(19)9-10-17(18)23-3/h9-10,13,15,20H,4-8,11-12,14H2,1-3H3. The average molecular weight is 392 g/mol. The van der Waals surface area contributed by atoms with Crippen molar-refractivity contribution in [1.82, 2.24) is 4.72 Å². The highest BCUT2D eigenvalue weighted by Gasteiger charge is 2.19. The Morgan fingerprint density at radius 3 is 2.64 bits per heavy atom. The van der Waals surface area contributed by atoms with Crippen molar-refractivity contribution in [1.29, 1.82) is 0 Å². The van der Waals surface area contributed by atoms with Crippen LogP contribution in [0.1, 0.15) is 46.0 Å². The van der Waals surface area contributed by atoms with Crippen LogP contribution in [-0.4, -0.2) is 35.3 Å². The molecule has 1 unspecified atom stereocenters. The minimum absolute atomic E-state index is 0.0500. The second-order valence-electron chi connectivity index (χ2n) is 6.04. The van der Waals surface area contributed by atoms with E-state index in [0.29, 0.717) is 30.5 Å². The van der Waals surface area contributed by atoms with Gasteiger partial charge in [-0.05, 0) is 37.0 Å². The van der Waals surface area contributed by atoms with Gasteiger partial charge in [-0.1, -0.05) is 44.7 Å². The van der Waals surface area contributed by atoms with Gasteiger partial charge in [0, 0.05) is 24.8 Å². The Labute approximate surface area is 157 Å². The Kier molecular flexibility index (Phi) is 10.4. The zero-order valence-electron chi connectivity index (χ0n) is 15.4. The number of nitrogens with one attached hydrogen (secondary N) is 1. The molecule has 0 aromatic heterocycles. The number of halogens is 1. The van der Waals surface area contributed by atoms with Gasteiger partial charge in [0.25, 0.3) is 0 Å². The third-order valence-electron chi connectivity index (χ3n) is 4.07. The van der Waals surface area contributed by atoms with E-state index in [0.717, 1.165) is 13.0 Å². The molecule has 0 aliphatic rings. The van der Waals surface area contributed by atoms with Gasteiger partial charge >= 0.3 is 0 Å². The van der Waals surface area contributed by atoms with Crippen LogP contribution in [0.5, 0.6) is 5.75 Å². The fourth-order valence-electron chi connectivity index (χ4n) is 2.47. The van der Waals surface area contributed by atoms with Crippen molar-refractivity contribution < 1.29 is 17.9 Å². The zero-order valence-corrected chi connectivity index (χ0v) is 17.0. The quantitative estimate of drug-likeness (QED) is 0.510. The summed E-state index contributed by atoms with van der Waals surface area (Å²) in [6.07, 6.45) is 5.34. The first-order valence-electron chi connectivity index (χ1n) is 8.85.